The lowest BCUT2D eigenvalue weighted by molar-refractivity contribution is 0.312. The molecule has 0 spiro atoms. The van der Waals surface area contributed by atoms with Crippen molar-refractivity contribution in [2.75, 3.05) is 51.2 Å². The minimum absolute atomic E-state index is 0. The van der Waals surface area contributed by atoms with Crippen LogP contribution in [-0.2, 0) is 13.0 Å². The molecule has 8 nitrogen and oxygen atoms in total. The normalized spacial score (nSPS) is 14.5. The van der Waals surface area contributed by atoms with Crippen LogP contribution < -0.4 is 15.5 Å². The maximum Gasteiger partial charge on any atom is 0.191 e. The second-order valence-corrected chi connectivity index (χ2v) is 8.30. The molecule has 0 radical (unpaired) electrons. The van der Waals surface area contributed by atoms with Crippen LogP contribution in [0.4, 0.5) is 5.82 Å². The molecule has 0 bridgehead atoms. The van der Waals surface area contributed by atoms with Crippen molar-refractivity contribution in [3.8, 4) is 5.69 Å². The number of pyridine rings is 1. The number of aliphatic imine (C=N–C) groups is 1. The quantitative estimate of drug-likeness (QED) is 0.245. The van der Waals surface area contributed by atoms with Gasteiger partial charge in [0, 0.05) is 57.9 Å². The van der Waals surface area contributed by atoms with Crippen LogP contribution in [0.15, 0.2) is 66.0 Å². The lowest BCUT2D eigenvalue weighted by atomic mass is 10.1. The highest BCUT2D eigenvalue weighted by atomic mass is 127. The molecule has 1 aliphatic rings. The Bertz CT molecular complexity index is 994. The molecule has 2 N–H and O–H groups in total. The molecule has 4 rings (SSSR count). The van der Waals surface area contributed by atoms with E-state index in [1.807, 2.05) is 23.1 Å². The van der Waals surface area contributed by atoms with Gasteiger partial charge in [0.25, 0.3) is 0 Å². The van der Waals surface area contributed by atoms with Gasteiger partial charge in [0.2, 0.25) is 0 Å². The molecule has 1 fully saturated rings. The number of aromatic nitrogens is 3. The molecule has 182 valence electrons. The summed E-state index contributed by atoms with van der Waals surface area (Å²) in [5.74, 6) is 1.88. The average molecular weight is 575 g/mol. The van der Waals surface area contributed by atoms with Crippen molar-refractivity contribution in [1.82, 2.24) is 30.3 Å². The Labute approximate surface area is 219 Å². The van der Waals surface area contributed by atoms with Gasteiger partial charge in [-0.05, 0) is 55.8 Å². The highest BCUT2D eigenvalue weighted by Gasteiger charge is 2.14. The first-order valence-corrected chi connectivity index (χ1v) is 11.7. The number of hydrogen-bond donors (Lipinski definition) is 2. The summed E-state index contributed by atoms with van der Waals surface area (Å²) in [7, 11) is 2.17. The van der Waals surface area contributed by atoms with Gasteiger partial charge >= 0.3 is 0 Å². The first kappa shape index (κ1) is 26.0. The van der Waals surface area contributed by atoms with Crippen molar-refractivity contribution < 1.29 is 0 Å². The van der Waals surface area contributed by atoms with Crippen LogP contribution in [0.5, 0.6) is 0 Å². The fourth-order valence-corrected chi connectivity index (χ4v) is 3.81. The van der Waals surface area contributed by atoms with Crippen molar-refractivity contribution >= 4 is 35.8 Å². The molecule has 1 aromatic carbocycles. The number of hydrogen-bond acceptors (Lipinski definition) is 5. The van der Waals surface area contributed by atoms with Crippen molar-refractivity contribution in [3.05, 3.63) is 72.2 Å². The number of nitrogens with one attached hydrogen (secondary N) is 2. The number of likely N-dealkylation sites (N-methyl/N-ethyl adjacent to an activating group) is 1. The van der Waals surface area contributed by atoms with Gasteiger partial charge in [0.1, 0.15) is 5.82 Å². The molecule has 0 atom stereocenters. The molecule has 3 aromatic rings. The van der Waals surface area contributed by atoms with Crippen molar-refractivity contribution in [1.29, 1.82) is 0 Å². The summed E-state index contributed by atoms with van der Waals surface area (Å²) in [4.78, 5) is 14.1. The van der Waals surface area contributed by atoms with E-state index in [2.05, 4.69) is 80.9 Å². The zero-order valence-corrected chi connectivity index (χ0v) is 22.4. The van der Waals surface area contributed by atoms with Gasteiger partial charge in [-0.1, -0.05) is 18.2 Å². The van der Waals surface area contributed by atoms with Crippen LogP contribution in [0.1, 0.15) is 18.1 Å². The number of piperazine rings is 1. The fourth-order valence-electron chi connectivity index (χ4n) is 3.81. The summed E-state index contributed by atoms with van der Waals surface area (Å²) in [6, 6.07) is 14.7. The lowest BCUT2D eigenvalue weighted by Crippen LogP contribution is -2.44. The highest BCUT2D eigenvalue weighted by molar-refractivity contribution is 14.0. The summed E-state index contributed by atoms with van der Waals surface area (Å²) in [5.41, 5.74) is 3.45. The Hall–Kier alpha value is -2.66. The van der Waals surface area contributed by atoms with Crippen LogP contribution in [0.2, 0.25) is 0 Å². The zero-order chi connectivity index (χ0) is 22.9. The predicted molar refractivity (Wildman–Crippen MR) is 149 cm³/mol. The maximum absolute atomic E-state index is 4.74. The Kier molecular flexibility index (Phi) is 10.1. The van der Waals surface area contributed by atoms with E-state index in [0.29, 0.717) is 6.54 Å². The first-order valence-electron chi connectivity index (χ1n) is 11.7. The molecule has 0 saturated carbocycles. The third kappa shape index (κ3) is 7.42. The number of benzene rings is 1. The van der Waals surface area contributed by atoms with Crippen LogP contribution in [-0.4, -0.2) is 71.9 Å². The van der Waals surface area contributed by atoms with Crippen molar-refractivity contribution in [3.63, 3.8) is 0 Å². The Morgan fingerprint density at radius 1 is 1.00 bits per heavy atom. The number of guanidine groups is 1. The summed E-state index contributed by atoms with van der Waals surface area (Å²) < 4.78 is 1.87. The van der Waals surface area contributed by atoms with E-state index in [1.165, 1.54) is 5.56 Å². The topological polar surface area (TPSA) is 73.6 Å². The molecule has 1 saturated heterocycles. The minimum Gasteiger partial charge on any atom is -0.357 e. The van der Waals surface area contributed by atoms with Gasteiger partial charge in [-0.2, -0.15) is 5.10 Å². The van der Waals surface area contributed by atoms with Crippen LogP contribution in [0.3, 0.4) is 0 Å². The standard InChI is InChI=1S/C25H34N8.HI/c1-3-26-25(27-13-11-21-5-8-23(9-6-21)33-14-4-12-30-33)29-20-22-7-10-24(28-19-22)32-17-15-31(2)16-18-32;/h4-10,12,14,19H,3,11,13,15-18,20H2,1-2H3,(H2,26,27,29);1H. The molecule has 1 aliphatic heterocycles. The molecule has 2 aromatic heterocycles. The van der Waals surface area contributed by atoms with E-state index < -0.39 is 0 Å². The van der Waals surface area contributed by atoms with E-state index in [-0.39, 0.29) is 24.0 Å². The predicted octanol–water partition coefficient (Wildman–Crippen LogP) is 2.93. The third-order valence-corrected chi connectivity index (χ3v) is 5.81. The van der Waals surface area contributed by atoms with E-state index >= 15 is 0 Å². The monoisotopic (exact) mass is 574 g/mol. The van der Waals surface area contributed by atoms with Crippen LogP contribution in [0, 0.1) is 0 Å². The second kappa shape index (κ2) is 13.3. The molecule has 0 unspecified atom stereocenters. The minimum atomic E-state index is 0. The summed E-state index contributed by atoms with van der Waals surface area (Å²) in [5, 5.41) is 11.0. The summed E-state index contributed by atoms with van der Waals surface area (Å²) in [6.07, 6.45) is 6.61. The second-order valence-electron chi connectivity index (χ2n) is 8.30. The smallest absolute Gasteiger partial charge is 0.191 e. The molecule has 0 aliphatic carbocycles. The Morgan fingerprint density at radius 2 is 1.76 bits per heavy atom. The molecular weight excluding hydrogens is 539 g/mol. The number of anilines is 1. The van der Waals surface area contributed by atoms with Crippen LogP contribution >= 0.6 is 24.0 Å². The fraction of sp³-hybridized carbons (Fsp3) is 0.400. The summed E-state index contributed by atoms with van der Waals surface area (Å²) >= 11 is 0. The number of halogens is 1. The average Bonchev–Trinajstić information content (AvgIpc) is 3.39. The van der Waals surface area contributed by atoms with Gasteiger partial charge < -0.3 is 20.4 Å². The van der Waals surface area contributed by atoms with Crippen molar-refractivity contribution in [2.45, 2.75) is 19.9 Å². The van der Waals surface area contributed by atoms with Gasteiger partial charge in [0.15, 0.2) is 5.96 Å². The SMILES string of the molecule is CCNC(=NCc1ccc(N2CCN(C)CC2)nc1)NCCc1ccc(-n2cccn2)cc1.I. The first-order chi connectivity index (χ1) is 16.2. The van der Waals surface area contributed by atoms with E-state index in [4.69, 9.17) is 4.99 Å². The van der Waals surface area contributed by atoms with Crippen LogP contribution in [0.25, 0.3) is 5.69 Å². The Morgan fingerprint density at radius 3 is 2.41 bits per heavy atom. The Balaban J connectivity index is 0.00000324. The zero-order valence-electron chi connectivity index (χ0n) is 20.0. The van der Waals surface area contributed by atoms with E-state index in [1.54, 1.807) is 6.20 Å². The molecule has 34 heavy (non-hydrogen) atoms. The number of rotatable bonds is 8. The van der Waals surface area contributed by atoms with Crippen molar-refractivity contribution in [2.24, 2.45) is 4.99 Å². The van der Waals surface area contributed by atoms with Gasteiger partial charge in [0.05, 0.1) is 12.2 Å². The van der Waals surface area contributed by atoms with Gasteiger partial charge in [-0.15, -0.1) is 24.0 Å². The summed E-state index contributed by atoms with van der Waals surface area (Å²) in [6.45, 7) is 8.54. The van der Waals surface area contributed by atoms with E-state index in [0.717, 1.165) is 68.7 Å². The molecular formula is C25H35IN8. The van der Waals surface area contributed by atoms with Gasteiger partial charge in [-0.3, -0.25) is 0 Å². The lowest BCUT2D eigenvalue weighted by Gasteiger charge is -2.33. The number of nitrogens with zero attached hydrogens (tertiary/aromatic N) is 6. The maximum atomic E-state index is 4.74. The highest BCUT2D eigenvalue weighted by Crippen LogP contribution is 2.14. The molecule has 9 heteroatoms. The van der Waals surface area contributed by atoms with Gasteiger partial charge in [-0.25, -0.2) is 14.7 Å². The van der Waals surface area contributed by atoms with E-state index in [9.17, 15) is 0 Å². The molecule has 3 heterocycles. The largest absolute Gasteiger partial charge is 0.357 e. The third-order valence-electron chi connectivity index (χ3n) is 5.81. The molecule has 0 amide bonds.